The maximum atomic E-state index is 11.1. The van der Waals surface area contributed by atoms with Crippen LogP contribution in [0.4, 0.5) is 0 Å². The highest BCUT2D eigenvalue weighted by Gasteiger charge is 2.16. The summed E-state index contributed by atoms with van der Waals surface area (Å²) in [6.45, 7) is 5.33. The lowest BCUT2D eigenvalue weighted by molar-refractivity contribution is -0.121. The summed E-state index contributed by atoms with van der Waals surface area (Å²) in [6, 6.07) is 1.95. The first-order chi connectivity index (χ1) is 6.63. The SMILES string of the molecule is COCCN(CCC#N)C(C)C(C)=O. The van der Waals surface area contributed by atoms with Crippen LogP contribution in [-0.2, 0) is 9.53 Å². The van der Waals surface area contributed by atoms with E-state index in [4.69, 9.17) is 10.00 Å². The molecule has 1 atom stereocenters. The van der Waals surface area contributed by atoms with E-state index >= 15 is 0 Å². The first-order valence-corrected chi connectivity index (χ1v) is 4.73. The number of carbonyl (C=O) groups is 1. The molecule has 14 heavy (non-hydrogen) atoms. The molecule has 0 heterocycles. The number of Topliss-reactive ketones (excluding diaryl/α,β-unsaturated/α-hetero) is 1. The molecule has 0 amide bonds. The first-order valence-electron chi connectivity index (χ1n) is 4.73. The average Bonchev–Trinajstić information content (AvgIpc) is 2.17. The Kier molecular flexibility index (Phi) is 6.99. The second kappa shape index (κ2) is 7.48. The first kappa shape index (κ1) is 13.1. The van der Waals surface area contributed by atoms with Crippen LogP contribution in [0, 0.1) is 11.3 Å². The molecule has 0 aromatic heterocycles. The minimum Gasteiger partial charge on any atom is -0.383 e. The van der Waals surface area contributed by atoms with Crippen molar-refractivity contribution in [3.8, 4) is 6.07 Å². The molecular formula is C10H18N2O2. The summed E-state index contributed by atoms with van der Waals surface area (Å²) in [6.07, 6.45) is 0.446. The van der Waals surface area contributed by atoms with E-state index in [0.717, 1.165) is 0 Å². The van der Waals surface area contributed by atoms with Crippen LogP contribution < -0.4 is 0 Å². The molecule has 0 aliphatic carbocycles. The Morgan fingerprint density at radius 3 is 2.64 bits per heavy atom. The molecule has 0 N–H and O–H groups in total. The van der Waals surface area contributed by atoms with E-state index in [2.05, 4.69) is 6.07 Å². The molecule has 4 heteroatoms. The fraction of sp³-hybridized carbons (Fsp3) is 0.800. The van der Waals surface area contributed by atoms with Gasteiger partial charge in [-0.05, 0) is 13.8 Å². The molecule has 0 aliphatic rings. The molecule has 0 aromatic rings. The van der Waals surface area contributed by atoms with Crippen LogP contribution in [0.2, 0.25) is 0 Å². The average molecular weight is 198 g/mol. The lowest BCUT2D eigenvalue weighted by Crippen LogP contribution is -2.40. The molecule has 4 nitrogen and oxygen atoms in total. The molecule has 0 spiro atoms. The highest BCUT2D eigenvalue weighted by molar-refractivity contribution is 5.80. The number of hydrogen-bond donors (Lipinski definition) is 0. The van der Waals surface area contributed by atoms with Gasteiger partial charge in [-0.2, -0.15) is 5.26 Å². The topological polar surface area (TPSA) is 53.3 Å². The summed E-state index contributed by atoms with van der Waals surface area (Å²) in [5, 5.41) is 8.47. The summed E-state index contributed by atoms with van der Waals surface area (Å²) >= 11 is 0. The molecule has 1 unspecified atom stereocenters. The minimum atomic E-state index is -0.126. The second-order valence-corrected chi connectivity index (χ2v) is 3.22. The predicted molar refractivity (Wildman–Crippen MR) is 53.8 cm³/mol. The Morgan fingerprint density at radius 1 is 1.57 bits per heavy atom. The number of nitrogens with zero attached hydrogens (tertiary/aromatic N) is 2. The van der Waals surface area contributed by atoms with Gasteiger partial charge in [0.25, 0.3) is 0 Å². The van der Waals surface area contributed by atoms with Gasteiger partial charge in [0.2, 0.25) is 0 Å². The van der Waals surface area contributed by atoms with Crippen molar-refractivity contribution in [2.75, 3.05) is 26.8 Å². The van der Waals surface area contributed by atoms with E-state index in [9.17, 15) is 4.79 Å². The van der Waals surface area contributed by atoms with E-state index < -0.39 is 0 Å². The zero-order valence-corrected chi connectivity index (χ0v) is 9.12. The highest BCUT2D eigenvalue weighted by Crippen LogP contribution is 2.01. The molecule has 0 saturated heterocycles. The third-order valence-corrected chi connectivity index (χ3v) is 2.23. The summed E-state index contributed by atoms with van der Waals surface area (Å²) in [5.74, 6) is 0.124. The van der Waals surface area contributed by atoms with Gasteiger partial charge >= 0.3 is 0 Å². The Bertz CT molecular complexity index is 211. The van der Waals surface area contributed by atoms with Gasteiger partial charge in [-0.15, -0.1) is 0 Å². The number of hydrogen-bond acceptors (Lipinski definition) is 4. The van der Waals surface area contributed by atoms with Gasteiger partial charge in [-0.3, -0.25) is 9.69 Å². The minimum absolute atomic E-state index is 0.124. The number of nitriles is 1. The molecule has 0 bridgehead atoms. The smallest absolute Gasteiger partial charge is 0.146 e. The van der Waals surface area contributed by atoms with Gasteiger partial charge in [-0.1, -0.05) is 0 Å². The fourth-order valence-corrected chi connectivity index (χ4v) is 1.16. The molecule has 0 fully saturated rings. The Hall–Kier alpha value is -0.920. The molecule has 0 aromatic carbocycles. The number of ketones is 1. The standard InChI is InChI=1S/C10H18N2O2/c1-9(10(2)13)12(6-4-5-11)7-8-14-3/h9H,4,6-8H2,1-3H3. The van der Waals surface area contributed by atoms with Crippen LogP contribution in [-0.4, -0.2) is 43.5 Å². The summed E-state index contributed by atoms with van der Waals surface area (Å²) in [7, 11) is 1.63. The van der Waals surface area contributed by atoms with Crippen molar-refractivity contribution in [1.82, 2.24) is 4.90 Å². The monoisotopic (exact) mass is 198 g/mol. The van der Waals surface area contributed by atoms with Crippen molar-refractivity contribution < 1.29 is 9.53 Å². The third kappa shape index (κ3) is 4.95. The van der Waals surface area contributed by atoms with Crippen molar-refractivity contribution in [2.24, 2.45) is 0 Å². The van der Waals surface area contributed by atoms with Crippen molar-refractivity contribution in [2.45, 2.75) is 26.3 Å². The van der Waals surface area contributed by atoms with Crippen LogP contribution in [0.15, 0.2) is 0 Å². The van der Waals surface area contributed by atoms with Crippen LogP contribution in [0.5, 0.6) is 0 Å². The van der Waals surface area contributed by atoms with Crippen molar-refractivity contribution >= 4 is 5.78 Å². The number of rotatable bonds is 7. The highest BCUT2D eigenvalue weighted by atomic mass is 16.5. The Balaban J connectivity index is 4.09. The zero-order chi connectivity index (χ0) is 11.0. The second-order valence-electron chi connectivity index (χ2n) is 3.22. The maximum absolute atomic E-state index is 11.1. The summed E-state index contributed by atoms with van der Waals surface area (Å²) in [4.78, 5) is 13.1. The van der Waals surface area contributed by atoms with Gasteiger partial charge in [-0.25, -0.2) is 0 Å². The van der Waals surface area contributed by atoms with Gasteiger partial charge in [0, 0.05) is 26.6 Å². The summed E-state index contributed by atoms with van der Waals surface area (Å²) < 4.78 is 4.95. The van der Waals surface area contributed by atoms with Gasteiger partial charge in [0.15, 0.2) is 0 Å². The van der Waals surface area contributed by atoms with E-state index in [1.807, 2.05) is 11.8 Å². The normalized spacial score (nSPS) is 12.5. The molecule has 0 rings (SSSR count). The lowest BCUT2D eigenvalue weighted by Gasteiger charge is -2.25. The van der Waals surface area contributed by atoms with Crippen LogP contribution in [0.3, 0.4) is 0 Å². The van der Waals surface area contributed by atoms with Gasteiger partial charge < -0.3 is 4.74 Å². The molecule has 80 valence electrons. The van der Waals surface area contributed by atoms with Crippen molar-refractivity contribution in [3.63, 3.8) is 0 Å². The third-order valence-electron chi connectivity index (χ3n) is 2.23. The molecule has 0 radical (unpaired) electrons. The van der Waals surface area contributed by atoms with Gasteiger partial charge in [0.05, 0.1) is 18.7 Å². The zero-order valence-electron chi connectivity index (χ0n) is 9.12. The predicted octanol–water partition coefficient (Wildman–Crippen LogP) is 0.826. The largest absolute Gasteiger partial charge is 0.383 e. The molecule has 0 aliphatic heterocycles. The van der Waals surface area contributed by atoms with Crippen molar-refractivity contribution in [1.29, 1.82) is 5.26 Å². The summed E-state index contributed by atoms with van der Waals surface area (Å²) in [5.41, 5.74) is 0. The molecular weight excluding hydrogens is 180 g/mol. The maximum Gasteiger partial charge on any atom is 0.146 e. The fourth-order valence-electron chi connectivity index (χ4n) is 1.16. The van der Waals surface area contributed by atoms with Crippen LogP contribution >= 0.6 is 0 Å². The number of methoxy groups -OCH3 is 1. The number of ether oxygens (including phenoxy) is 1. The molecule has 0 saturated carbocycles. The van der Waals surface area contributed by atoms with Gasteiger partial charge in [0.1, 0.15) is 5.78 Å². The van der Waals surface area contributed by atoms with E-state index in [1.165, 1.54) is 0 Å². The van der Waals surface area contributed by atoms with Crippen molar-refractivity contribution in [3.05, 3.63) is 0 Å². The Labute approximate surface area is 85.5 Å². The van der Waals surface area contributed by atoms with E-state index in [1.54, 1.807) is 14.0 Å². The quantitative estimate of drug-likeness (QED) is 0.608. The lowest BCUT2D eigenvalue weighted by atomic mass is 10.2. The number of carbonyl (C=O) groups excluding carboxylic acids is 1. The van der Waals surface area contributed by atoms with E-state index in [0.29, 0.717) is 26.1 Å². The van der Waals surface area contributed by atoms with Crippen LogP contribution in [0.25, 0.3) is 0 Å². The van der Waals surface area contributed by atoms with E-state index in [-0.39, 0.29) is 11.8 Å². The van der Waals surface area contributed by atoms with Crippen LogP contribution in [0.1, 0.15) is 20.3 Å². The Morgan fingerprint density at radius 2 is 2.21 bits per heavy atom.